The molecule has 0 N–H and O–H groups in total. The van der Waals surface area contributed by atoms with Crippen molar-refractivity contribution in [2.45, 2.75) is 39.7 Å². The lowest BCUT2D eigenvalue weighted by atomic mass is 10.0. The Morgan fingerprint density at radius 3 is 2.36 bits per heavy atom. The number of hydrogen-bond acceptors (Lipinski definition) is 4. The second kappa shape index (κ2) is 8.10. The minimum absolute atomic E-state index is 0.0271. The van der Waals surface area contributed by atoms with E-state index >= 15 is 0 Å². The number of carbonyl (C=O) groups excluding carboxylic acids is 1. The summed E-state index contributed by atoms with van der Waals surface area (Å²) >= 11 is 0. The maximum absolute atomic E-state index is 12.6. The van der Waals surface area contributed by atoms with Gasteiger partial charge in [0.15, 0.2) is 0 Å². The summed E-state index contributed by atoms with van der Waals surface area (Å²) in [5.41, 5.74) is 3.30. The first-order valence-corrected chi connectivity index (χ1v) is 9.16. The monoisotopic (exact) mass is 338 g/mol. The van der Waals surface area contributed by atoms with Crippen molar-refractivity contribution in [2.75, 3.05) is 24.5 Å². The van der Waals surface area contributed by atoms with Gasteiger partial charge in [-0.25, -0.2) is 9.97 Å². The molecule has 3 rings (SSSR count). The van der Waals surface area contributed by atoms with Gasteiger partial charge in [0.25, 0.3) is 5.91 Å². The Bertz CT molecular complexity index is 708. The van der Waals surface area contributed by atoms with E-state index in [4.69, 9.17) is 0 Å². The smallest absolute Gasteiger partial charge is 0.256 e. The molecule has 1 aliphatic heterocycles. The van der Waals surface area contributed by atoms with E-state index in [-0.39, 0.29) is 5.91 Å². The lowest BCUT2D eigenvalue weighted by molar-refractivity contribution is 0.0754. The molecule has 1 aromatic carbocycles. The maximum atomic E-state index is 12.6. The SMILES string of the molecule is CCCN(CCC)C(=O)c1cnc(N2CCc3ccccc3C2)nc1. The van der Waals surface area contributed by atoms with Crippen molar-refractivity contribution in [3.63, 3.8) is 0 Å². The van der Waals surface area contributed by atoms with E-state index < -0.39 is 0 Å². The summed E-state index contributed by atoms with van der Waals surface area (Å²) in [6, 6.07) is 8.50. The van der Waals surface area contributed by atoms with Gasteiger partial charge < -0.3 is 9.80 Å². The number of fused-ring (bicyclic) bond motifs is 1. The summed E-state index contributed by atoms with van der Waals surface area (Å²) in [5, 5.41) is 0. The highest BCUT2D eigenvalue weighted by molar-refractivity contribution is 5.93. The molecule has 0 atom stereocenters. The fraction of sp³-hybridized carbons (Fsp3) is 0.450. The van der Waals surface area contributed by atoms with Gasteiger partial charge in [0.05, 0.1) is 5.56 Å². The molecule has 0 saturated carbocycles. The third-order valence-corrected chi connectivity index (χ3v) is 4.57. The van der Waals surface area contributed by atoms with Crippen LogP contribution in [-0.4, -0.2) is 40.4 Å². The standard InChI is InChI=1S/C20H26N4O/c1-3-10-23(11-4-2)19(25)18-13-21-20(22-14-18)24-12-9-16-7-5-6-8-17(16)15-24/h5-8,13-14H,3-4,9-12,15H2,1-2H3. The number of aromatic nitrogens is 2. The van der Waals surface area contributed by atoms with Crippen LogP contribution in [0.25, 0.3) is 0 Å². The number of carbonyl (C=O) groups is 1. The number of anilines is 1. The molecule has 0 fully saturated rings. The van der Waals surface area contributed by atoms with Crippen molar-refractivity contribution in [3.8, 4) is 0 Å². The third-order valence-electron chi connectivity index (χ3n) is 4.57. The number of rotatable bonds is 6. The van der Waals surface area contributed by atoms with Crippen LogP contribution in [0.15, 0.2) is 36.7 Å². The van der Waals surface area contributed by atoms with Gasteiger partial charge in [0, 0.05) is 38.6 Å². The maximum Gasteiger partial charge on any atom is 0.256 e. The molecule has 25 heavy (non-hydrogen) atoms. The van der Waals surface area contributed by atoms with E-state index in [0.29, 0.717) is 11.5 Å². The van der Waals surface area contributed by atoms with Crippen LogP contribution in [0, 0.1) is 0 Å². The van der Waals surface area contributed by atoms with E-state index in [1.165, 1.54) is 11.1 Å². The van der Waals surface area contributed by atoms with Gasteiger partial charge in [-0.2, -0.15) is 0 Å². The molecule has 1 amide bonds. The molecular formula is C20H26N4O. The van der Waals surface area contributed by atoms with Gasteiger partial charge in [-0.05, 0) is 30.4 Å². The van der Waals surface area contributed by atoms with Gasteiger partial charge in [-0.15, -0.1) is 0 Å². The quantitative estimate of drug-likeness (QED) is 0.811. The summed E-state index contributed by atoms with van der Waals surface area (Å²) in [6.07, 6.45) is 6.25. The zero-order chi connectivity index (χ0) is 17.6. The van der Waals surface area contributed by atoms with Gasteiger partial charge in [0.1, 0.15) is 0 Å². The van der Waals surface area contributed by atoms with Crippen LogP contribution in [0.1, 0.15) is 48.2 Å². The van der Waals surface area contributed by atoms with E-state index in [0.717, 1.165) is 45.4 Å². The van der Waals surface area contributed by atoms with Crippen molar-refractivity contribution >= 4 is 11.9 Å². The average molecular weight is 338 g/mol. The fourth-order valence-corrected chi connectivity index (χ4v) is 3.30. The Morgan fingerprint density at radius 1 is 1.08 bits per heavy atom. The molecule has 0 saturated heterocycles. The van der Waals surface area contributed by atoms with Gasteiger partial charge >= 0.3 is 0 Å². The predicted octanol–water partition coefficient (Wildman–Crippen LogP) is 3.30. The number of amides is 1. The second-order valence-corrected chi connectivity index (χ2v) is 6.50. The molecule has 0 unspecified atom stereocenters. The van der Waals surface area contributed by atoms with Crippen molar-refractivity contribution < 1.29 is 4.79 Å². The van der Waals surface area contributed by atoms with Crippen LogP contribution < -0.4 is 4.90 Å². The largest absolute Gasteiger partial charge is 0.339 e. The topological polar surface area (TPSA) is 49.3 Å². The van der Waals surface area contributed by atoms with Crippen molar-refractivity contribution in [2.24, 2.45) is 0 Å². The van der Waals surface area contributed by atoms with Crippen molar-refractivity contribution in [1.82, 2.24) is 14.9 Å². The van der Waals surface area contributed by atoms with Gasteiger partial charge in [-0.3, -0.25) is 4.79 Å². The summed E-state index contributed by atoms with van der Waals surface area (Å²) in [6.45, 7) is 7.45. The minimum Gasteiger partial charge on any atom is -0.339 e. The Labute approximate surface area is 149 Å². The number of hydrogen-bond donors (Lipinski definition) is 0. The first-order chi connectivity index (χ1) is 12.2. The van der Waals surface area contributed by atoms with E-state index in [9.17, 15) is 4.79 Å². The van der Waals surface area contributed by atoms with Gasteiger partial charge in [0.2, 0.25) is 5.95 Å². The third kappa shape index (κ3) is 3.98. The summed E-state index contributed by atoms with van der Waals surface area (Å²) in [7, 11) is 0. The summed E-state index contributed by atoms with van der Waals surface area (Å²) < 4.78 is 0. The highest BCUT2D eigenvalue weighted by Crippen LogP contribution is 2.21. The zero-order valence-electron chi connectivity index (χ0n) is 15.1. The van der Waals surface area contributed by atoms with Crippen LogP contribution in [0.4, 0.5) is 5.95 Å². The number of nitrogens with zero attached hydrogens (tertiary/aromatic N) is 4. The van der Waals surface area contributed by atoms with E-state index in [1.807, 2.05) is 4.90 Å². The van der Waals surface area contributed by atoms with E-state index in [1.54, 1.807) is 12.4 Å². The lowest BCUT2D eigenvalue weighted by Gasteiger charge is -2.28. The Balaban J connectivity index is 1.71. The molecule has 1 aromatic heterocycles. The van der Waals surface area contributed by atoms with Crippen molar-refractivity contribution in [1.29, 1.82) is 0 Å². The Kier molecular flexibility index (Phi) is 5.64. The van der Waals surface area contributed by atoms with Crippen LogP contribution in [-0.2, 0) is 13.0 Å². The Hall–Kier alpha value is -2.43. The molecule has 0 spiro atoms. The normalized spacial score (nSPS) is 13.4. The van der Waals surface area contributed by atoms with Crippen LogP contribution in [0.2, 0.25) is 0 Å². The summed E-state index contributed by atoms with van der Waals surface area (Å²) in [5.74, 6) is 0.725. The molecule has 0 aliphatic carbocycles. The molecule has 2 heterocycles. The second-order valence-electron chi connectivity index (χ2n) is 6.50. The molecule has 2 aromatic rings. The first kappa shape index (κ1) is 17.4. The minimum atomic E-state index is 0.0271. The fourth-order valence-electron chi connectivity index (χ4n) is 3.30. The number of benzene rings is 1. The molecule has 0 radical (unpaired) electrons. The van der Waals surface area contributed by atoms with Crippen LogP contribution in [0.5, 0.6) is 0 Å². The van der Waals surface area contributed by atoms with E-state index in [2.05, 4.69) is 53.0 Å². The molecule has 0 bridgehead atoms. The highest BCUT2D eigenvalue weighted by Gasteiger charge is 2.19. The first-order valence-electron chi connectivity index (χ1n) is 9.16. The molecular weight excluding hydrogens is 312 g/mol. The highest BCUT2D eigenvalue weighted by atomic mass is 16.2. The van der Waals surface area contributed by atoms with Crippen LogP contribution in [0.3, 0.4) is 0 Å². The molecule has 1 aliphatic rings. The molecule has 132 valence electrons. The lowest BCUT2D eigenvalue weighted by Crippen LogP contribution is -2.33. The summed E-state index contributed by atoms with van der Waals surface area (Å²) in [4.78, 5) is 25.6. The van der Waals surface area contributed by atoms with Crippen LogP contribution >= 0.6 is 0 Å². The molecule has 5 heteroatoms. The molecule has 5 nitrogen and oxygen atoms in total. The average Bonchev–Trinajstić information content (AvgIpc) is 2.67. The zero-order valence-corrected chi connectivity index (χ0v) is 15.1. The van der Waals surface area contributed by atoms with Gasteiger partial charge in [-0.1, -0.05) is 38.1 Å². The van der Waals surface area contributed by atoms with Crippen molar-refractivity contribution in [3.05, 3.63) is 53.3 Å². The predicted molar refractivity (Wildman–Crippen MR) is 99.7 cm³/mol. The Morgan fingerprint density at radius 2 is 1.72 bits per heavy atom.